The molecule has 0 aliphatic heterocycles. The monoisotopic (exact) mass is 289 g/mol. The first-order valence-corrected chi connectivity index (χ1v) is 8.55. The van der Waals surface area contributed by atoms with Crippen LogP contribution in [0.3, 0.4) is 0 Å². The van der Waals surface area contributed by atoms with Crippen molar-refractivity contribution in [3.8, 4) is 5.75 Å². The van der Waals surface area contributed by atoms with Crippen molar-refractivity contribution in [3.63, 3.8) is 0 Å². The SMILES string of the molecule is CCC(C)c1ccc(OC2CC(NC)C2(CC)CC)cc1. The van der Waals surface area contributed by atoms with Crippen molar-refractivity contribution in [1.82, 2.24) is 5.32 Å². The molecule has 3 atom stereocenters. The summed E-state index contributed by atoms with van der Waals surface area (Å²) in [7, 11) is 2.07. The molecule has 0 saturated heterocycles. The smallest absolute Gasteiger partial charge is 0.119 e. The van der Waals surface area contributed by atoms with E-state index in [1.807, 2.05) is 0 Å². The number of hydrogen-bond acceptors (Lipinski definition) is 2. The van der Waals surface area contributed by atoms with Crippen LogP contribution < -0.4 is 10.1 Å². The van der Waals surface area contributed by atoms with Crippen molar-refractivity contribution in [2.75, 3.05) is 7.05 Å². The molecule has 1 aliphatic rings. The van der Waals surface area contributed by atoms with Crippen LogP contribution in [-0.2, 0) is 0 Å². The Hall–Kier alpha value is -1.02. The highest BCUT2D eigenvalue weighted by Crippen LogP contribution is 2.48. The first-order chi connectivity index (χ1) is 10.1. The zero-order valence-electron chi connectivity index (χ0n) is 14.3. The number of ether oxygens (including phenoxy) is 1. The van der Waals surface area contributed by atoms with E-state index in [9.17, 15) is 0 Å². The van der Waals surface area contributed by atoms with E-state index in [0.29, 0.717) is 23.5 Å². The van der Waals surface area contributed by atoms with Gasteiger partial charge in [0.05, 0.1) is 0 Å². The first-order valence-electron chi connectivity index (χ1n) is 8.55. The molecule has 118 valence electrons. The van der Waals surface area contributed by atoms with Gasteiger partial charge in [-0.05, 0) is 49.9 Å². The van der Waals surface area contributed by atoms with Gasteiger partial charge in [-0.2, -0.15) is 0 Å². The van der Waals surface area contributed by atoms with Gasteiger partial charge in [-0.1, -0.05) is 39.8 Å². The van der Waals surface area contributed by atoms with Crippen LogP contribution in [0.1, 0.15) is 64.9 Å². The summed E-state index contributed by atoms with van der Waals surface area (Å²) < 4.78 is 6.31. The van der Waals surface area contributed by atoms with Gasteiger partial charge in [-0.15, -0.1) is 0 Å². The van der Waals surface area contributed by atoms with Gasteiger partial charge < -0.3 is 10.1 Å². The zero-order chi connectivity index (χ0) is 15.5. The average Bonchev–Trinajstić information content (AvgIpc) is 2.52. The molecule has 1 aromatic carbocycles. The Morgan fingerprint density at radius 1 is 1.19 bits per heavy atom. The molecule has 0 aromatic heterocycles. The minimum Gasteiger partial charge on any atom is -0.490 e. The van der Waals surface area contributed by atoms with Crippen LogP contribution in [0, 0.1) is 5.41 Å². The number of benzene rings is 1. The van der Waals surface area contributed by atoms with Crippen LogP contribution in [0.2, 0.25) is 0 Å². The summed E-state index contributed by atoms with van der Waals surface area (Å²) in [5.74, 6) is 1.65. The average molecular weight is 289 g/mol. The molecule has 0 spiro atoms. The summed E-state index contributed by atoms with van der Waals surface area (Å²) in [4.78, 5) is 0. The van der Waals surface area contributed by atoms with E-state index in [-0.39, 0.29) is 0 Å². The maximum Gasteiger partial charge on any atom is 0.119 e. The molecular weight excluding hydrogens is 258 g/mol. The van der Waals surface area contributed by atoms with Gasteiger partial charge in [0, 0.05) is 17.9 Å². The summed E-state index contributed by atoms with van der Waals surface area (Å²) >= 11 is 0. The molecule has 1 aliphatic carbocycles. The van der Waals surface area contributed by atoms with Gasteiger partial charge in [-0.3, -0.25) is 0 Å². The van der Waals surface area contributed by atoms with Gasteiger partial charge >= 0.3 is 0 Å². The van der Waals surface area contributed by atoms with Crippen LogP contribution in [0.25, 0.3) is 0 Å². The lowest BCUT2D eigenvalue weighted by atomic mass is 9.58. The Bertz CT molecular complexity index is 435. The third-order valence-electron chi connectivity index (χ3n) is 5.79. The van der Waals surface area contributed by atoms with Crippen molar-refractivity contribution >= 4 is 0 Å². The second kappa shape index (κ2) is 6.83. The maximum atomic E-state index is 6.31. The summed E-state index contributed by atoms with van der Waals surface area (Å²) in [5.41, 5.74) is 1.70. The lowest BCUT2D eigenvalue weighted by Crippen LogP contribution is -2.63. The molecule has 0 heterocycles. The summed E-state index contributed by atoms with van der Waals surface area (Å²) in [6.07, 6.45) is 4.99. The van der Waals surface area contributed by atoms with Crippen molar-refractivity contribution in [1.29, 1.82) is 0 Å². The molecule has 21 heavy (non-hydrogen) atoms. The largest absolute Gasteiger partial charge is 0.490 e. The van der Waals surface area contributed by atoms with Crippen molar-refractivity contribution < 1.29 is 4.74 Å². The number of rotatable bonds is 7. The predicted octanol–water partition coefficient (Wildman–Crippen LogP) is 4.75. The molecule has 0 bridgehead atoms. The number of hydrogen-bond donors (Lipinski definition) is 1. The fourth-order valence-electron chi connectivity index (χ4n) is 3.79. The van der Waals surface area contributed by atoms with E-state index < -0.39 is 0 Å². The fourth-order valence-corrected chi connectivity index (χ4v) is 3.79. The second-order valence-corrected chi connectivity index (χ2v) is 6.50. The minimum absolute atomic E-state index is 0.296. The van der Waals surface area contributed by atoms with E-state index in [2.05, 4.69) is 64.3 Å². The molecule has 2 heteroatoms. The van der Waals surface area contributed by atoms with Crippen molar-refractivity contribution in [2.24, 2.45) is 5.41 Å². The Labute approximate surface area is 130 Å². The first kappa shape index (κ1) is 16.4. The van der Waals surface area contributed by atoms with E-state index >= 15 is 0 Å². The van der Waals surface area contributed by atoms with E-state index in [0.717, 1.165) is 12.2 Å². The van der Waals surface area contributed by atoms with E-state index in [1.54, 1.807) is 0 Å². The Balaban J connectivity index is 2.05. The van der Waals surface area contributed by atoms with Crippen molar-refractivity contribution in [2.45, 2.75) is 71.4 Å². The highest BCUT2D eigenvalue weighted by molar-refractivity contribution is 5.30. The van der Waals surface area contributed by atoms with Gasteiger partial charge in [-0.25, -0.2) is 0 Å². The molecule has 1 saturated carbocycles. The highest BCUT2D eigenvalue weighted by Gasteiger charge is 2.53. The molecule has 0 amide bonds. The Morgan fingerprint density at radius 2 is 1.81 bits per heavy atom. The lowest BCUT2D eigenvalue weighted by molar-refractivity contribution is -0.0835. The third kappa shape index (κ3) is 2.96. The second-order valence-electron chi connectivity index (χ2n) is 6.50. The Kier molecular flexibility index (Phi) is 5.32. The van der Waals surface area contributed by atoms with Crippen LogP contribution in [0.15, 0.2) is 24.3 Å². The summed E-state index contributed by atoms with van der Waals surface area (Å²) in [6, 6.07) is 9.32. The molecular formula is C19H31NO. The van der Waals surface area contributed by atoms with Crippen LogP contribution >= 0.6 is 0 Å². The van der Waals surface area contributed by atoms with Crippen LogP contribution in [0.5, 0.6) is 5.75 Å². The van der Waals surface area contributed by atoms with Crippen LogP contribution in [-0.4, -0.2) is 19.2 Å². The zero-order valence-corrected chi connectivity index (χ0v) is 14.3. The molecule has 1 N–H and O–H groups in total. The molecule has 0 radical (unpaired) electrons. The topological polar surface area (TPSA) is 21.3 Å². The van der Waals surface area contributed by atoms with Gasteiger partial charge in [0.1, 0.15) is 11.9 Å². The predicted molar refractivity (Wildman–Crippen MR) is 90.0 cm³/mol. The van der Waals surface area contributed by atoms with Crippen LogP contribution in [0.4, 0.5) is 0 Å². The normalized spacial score (nSPS) is 25.2. The van der Waals surface area contributed by atoms with E-state index in [1.165, 1.54) is 24.8 Å². The summed E-state index contributed by atoms with van der Waals surface area (Å²) in [5, 5.41) is 3.46. The van der Waals surface area contributed by atoms with Gasteiger partial charge in [0.2, 0.25) is 0 Å². The lowest BCUT2D eigenvalue weighted by Gasteiger charge is -2.55. The minimum atomic E-state index is 0.296. The molecule has 2 nitrogen and oxygen atoms in total. The molecule has 3 unspecified atom stereocenters. The Morgan fingerprint density at radius 3 is 2.29 bits per heavy atom. The highest BCUT2D eigenvalue weighted by atomic mass is 16.5. The molecule has 1 aromatic rings. The molecule has 2 rings (SSSR count). The standard InChI is InChI=1S/C19H31NO/c1-6-14(4)15-9-11-16(12-10-15)21-18-13-17(20-5)19(18,7-2)8-3/h9-12,14,17-18,20H,6-8,13H2,1-5H3. The van der Waals surface area contributed by atoms with Crippen molar-refractivity contribution in [3.05, 3.63) is 29.8 Å². The summed E-state index contributed by atoms with van der Waals surface area (Å²) in [6.45, 7) is 9.08. The van der Waals surface area contributed by atoms with Gasteiger partial charge in [0.15, 0.2) is 0 Å². The molecule has 1 fully saturated rings. The quantitative estimate of drug-likeness (QED) is 0.782. The number of nitrogens with one attached hydrogen (secondary N) is 1. The van der Waals surface area contributed by atoms with E-state index in [4.69, 9.17) is 4.74 Å². The third-order valence-corrected chi connectivity index (χ3v) is 5.79. The maximum absolute atomic E-state index is 6.31. The van der Waals surface area contributed by atoms with Gasteiger partial charge in [0.25, 0.3) is 0 Å². The fraction of sp³-hybridized carbons (Fsp3) is 0.684.